The second kappa shape index (κ2) is 4.18. The summed E-state index contributed by atoms with van der Waals surface area (Å²) in [4.78, 5) is 0.212. The van der Waals surface area contributed by atoms with Gasteiger partial charge in [0.05, 0.1) is 11.9 Å². The number of sulfonamides is 1. The van der Waals surface area contributed by atoms with E-state index in [0.717, 1.165) is 0 Å². The molecule has 0 aliphatic rings. The van der Waals surface area contributed by atoms with Crippen LogP contribution in [0.2, 0.25) is 0 Å². The van der Waals surface area contributed by atoms with Crippen LogP contribution in [0.1, 0.15) is 33.4 Å². The maximum Gasteiger partial charge on any atom is 0.244 e. The molecule has 92 valence electrons. The lowest BCUT2D eigenvalue weighted by Crippen LogP contribution is -2.41. The van der Waals surface area contributed by atoms with Crippen molar-refractivity contribution >= 4 is 10.0 Å². The minimum atomic E-state index is -3.47. The Morgan fingerprint density at radius 3 is 2.38 bits per heavy atom. The summed E-state index contributed by atoms with van der Waals surface area (Å²) in [5.74, 6) is 0. The standard InChI is InChI=1S/C10H19N3O2S/c1-7-9(6-11-12-7)16(14,15)13-8(2)10(3,4)5/h6,8,13H,1-5H3,(H,11,12). The van der Waals surface area contributed by atoms with Gasteiger partial charge >= 0.3 is 0 Å². The molecule has 1 rings (SSSR count). The molecule has 1 aromatic rings. The van der Waals surface area contributed by atoms with Gasteiger partial charge in [-0.3, -0.25) is 5.10 Å². The van der Waals surface area contributed by atoms with Crippen LogP contribution in [0.15, 0.2) is 11.1 Å². The zero-order valence-corrected chi connectivity index (χ0v) is 11.1. The highest BCUT2D eigenvalue weighted by Crippen LogP contribution is 2.21. The lowest BCUT2D eigenvalue weighted by atomic mass is 9.89. The number of hydrogen-bond acceptors (Lipinski definition) is 3. The first-order valence-electron chi connectivity index (χ1n) is 5.17. The maximum atomic E-state index is 12.0. The van der Waals surface area contributed by atoms with E-state index in [-0.39, 0.29) is 16.4 Å². The number of rotatable bonds is 3. The van der Waals surface area contributed by atoms with Gasteiger partial charge in [-0.05, 0) is 19.3 Å². The topological polar surface area (TPSA) is 74.8 Å². The van der Waals surface area contributed by atoms with Crippen molar-refractivity contribution in [3.8, 4) is 0 Å². The van der Waals surface area contributed by atoms with Crippen LogP contribution in [0.25, 0.3) is 0 Å². The number of hydrogen-bond donors (Lipinski definition) is 2. The molecule has 0 amide bonds. The van der Waals surface area contributed by atoms with Gasteiger partial charge in [0.15, 0.2) is 0 Å². The third kappa shape index (κ3) is 2.82. The van der Waals surface area contributed by atoms with Crippen molar-refractivity contribution in [2.24, 2.45) is 5.41 Å². The molecule has 0 aromatic carbocycles. The quantitative estimate of drug-likeness (QED) is 0.846. The molecule has 0 aliphatic carbocycles. The van der Waals surface area contributed by atoms with Crippen molar-refractivity contribution in [2.45, 2.75) is 45.6 Å². The first-order chi connectivity index (χ1) is 7.14. The summed E-state index contributed by atoms with van der Waals surface area (Å²) < 4.78 is 26.7. The van der Waals surface area contributed by atoms with Crippen molar-refractivity contribution in [1.82, 2.24) is 14.9 Å². The van der Waals surface area contributed by atoms with Crippen LogP contribution < -0.4 is 4.72 Å². The highest BCUT2D eigenvalue weighted by atomic mass is 32.2. The highest BCUT2D eigenvalue weighted by Gasteiger charge is 2.27. The molecule has 1 atom stereocenters. The van der Waals surface area contributed by atoms with Gasteiger partial charge in [-0.2, -0.15) is 5.10 Å². The van der Waals surface area contributed by atoms with Crippen molar-refractivity contribution in [1.29, 1.82) is 0 Å². The fourth-order valence-electron chi connectivity index (χ4n) is 1.08. The van der Waals surface area contributed by atoms with Gasteiger partial charge in [-0.25, -0.2) is 13.1 Å². The second-order valence-electron chi connectivity index (χ2n) is 5.07. The van der Waals surface area contributed by atoms with Gasteiger partial charge in [0.2, 0.25) is 10.0 Å². The van der Waals surface area contributed by atoms with E-state index in [2.05, 4.69) is 14.9 Å². The van der Waals surface area contributed by atoms with Crippen LogP contribution in [0.3, 0.4) is 0 Å². The van der Waals surface area contributed by atoms with Gasteiger partial charge in [0, 0.05) is 6.04 Å². The molecule has 0 spiro atoms. The first kappa shape index (κ1) is 13.2. The van der Waals surface area contributed by atoms with Gasteiger partial charge < -0.3 is 0 Å². The molecule has 16 heavy (non-hydrogen) atoms. The van der Waals surface area contributed by atoms with E-state index in [9.17, 15) is 8.42 Å². The molecule has 1 heterocycles. The lowest BCUT2D eigenvalue weighted by molar-refractivity contribution is 0.317. The Bertz CT molecular complexity index is 457. The summed E-state index contributed by atoms with van der Waals surface area (Å²) in [6, 6.07) is -0.146. The Balaban J connectivity index is 2.94. The molecule has 6 heteroatoms. The molecule has 1 aromatic heterocycles. The minimum absolute atomic E-state index is 0.120. The molecule has 0 fully saturated rings. The average molecular weight is 245 g/mol. The van der Waals surface area contributed by atoms with E-state index >= 15 is 0 Å². The number of nitrogens with one attached hydrogen (secondary N) is 2. The fraction of sp³-hybridized carbons (Fsp3) is 0.700. The van der Waals surface area contributed by atoms with Crippen molar-refractivity contribution in [3.63, 3.8) is 0 Å². The predicted octanol–water partition coefficient (Wildman–Crippen LogP) is 1.43. The largest absolute Gasteiger partial charge is 0.281 e. The zero-order chi connectivity index (χ0) is 12.6. The molecule has 0 radical (unpaired) electrons. The Morgan fingerprint density at radius 2 is 2.00 bits per heavy atom. The van der Waals surface area contributed by atoms with E-state index < -0.39 is 10.0 Å². The van der Waals surface area contributed by atoms with E-state index in [0.29, 0.717) is 5.69 Å². The van der Waals surface area contributed by atoms with Gasteiger partial charge in [0.25, 0.3) is 0 Å². The summed E-state index contributed by atoms with van der Waals surface area (Å²) in [5, 5.41) is 6.33. The third-order valence-corrected chi connectivity index (χ3v) is 4.36. The average Bonchev–Trinajstić information content (AvgIpc) is 2.49. The van der Waals surface area contributed by atoms with Gasteiger partial charge in [-0.15, -0.1) is 0 Å². The first-order valence-corrected chi connectivity index (χ1v) is 6.65. The molecular formula is C10H19N3O2S. The third-order valence-electron chi connectivity index (χ3n) is 2.70. The molecule has 0 aliphatic heterocycles. The molecule has 0 bridgehead atoms. The summed E-state index contributed by atoms with van der Waals surface area (Å²) in [6.07, 6.45) is 1.33. The summed E-state index contributed by atoms with van der Waals surface area (Å²) >= 11 is 0. The van der Waals surface area contributed by atoms with E-state index in [1.165, 1.54) is 6.20 Å². The molecular weight excluding hydrogens is 226 g/mol. The van der Waals surface area contributed by atoms with Crippen molar-refractivity contribution in [3.05, 3.63) is 11.9 Å². The maximum absolute atomic E-state index is 12.0. The highest BCUT2D eigenvalue weighted by molar-refractivity contribution is 7.89. The summed E-state index contributed by atoms with van der Waals surface area (Å²) in [7, 11) is -3.47. The molecule has 0 saturated heterocycles. The predicted molar refractivity (Wildman–Crippen MR) is 62.6 cm³/mol. The second-order valence-corrected chi connectivity index (χ2v) is 6.75. The van der Waals surface area contributed by atoms with E-state index in [4.69, 9.17) is 0 Å². The summed E-state index contributed by atoms with van der Waals surface area (Å²) in [5.41, 5.74) is 0.429. The number of aromatic nitrogens is 2. The minimum Gasteiger partial charge on any atom is -0.281 e. The Labute approximate surface area is 96.7 Å². The van der Waals surface area contributed by atoms with Crippen LogP contribution >= 0.6 is 0 Å². The number of H-pyrrole nitrogens is 1. The number of aromatic amines is 1. The van der Waals surface area contributed by atoms with Crippen molar-refractivity contribution < 1.29 is 8.42 Å². The van der Waals surface area contributed by atoms with Crippen LogP contribution in [0.4, 0.5) is 0 Å². The Kier molecular flexibility index (Phi) is 3.44. The Morgan fingerprint density at radius 1 is 1.44 bits per heavy atom. The van der Waals surface area contributed by atoms with E-state index in [1.54, 1.807) is 6.92 Å². The van der Waals surface area contributed by atoms with Crippen LogP contribution in [-0.2, 0) is 10.0 Å². The molecule has 1 unspecified atom stereocenters. The van der Waals surface area contributed by atoms with Gasteiger partial charge in [0.1, 0.15) is 4.90 Å². The summed E-state index contributed by atoms with van der Waals surface area (Å²) in [6.45, 7) is 9.50. The van der Waals surface area contributed by atoms with Gasteiger partial charge in [-0.1, -0.05) is 20.8 Å². The van der Waals surface area contributed by atoms with Crippen LogP contribution in [0, 0.1) is 12.3 Å². The SMILES string of the molecule is Cc1[nH]ncc1S(=O)(=O)NC(C)C(C)(C)C. The van der Waals surface area contributed by atoms with Crippen LogP contribution in [-0.4, -0.2) is 24.7 Å². The lowest BCUT2D eigenvalue weighted by Gasteiger charge is -2.27. The number of aryl methyl sites for hydroxylation is 1. The van der Waals surface area contributed by atoms with Crippen molar-refractivity contribution in [2.75, 3.05) is 0 Å². The molecule has 5 nitrogen and oxygen atoms in total. The Hall–Kier alpha value is -0.880. The molecule has 0 saturated carbocycles. The normalized spacial score (nSPS) is 15.1. The van der Waals surface area contributed by atoms with Crippen LogP contribution in [0.5, 0.6) is 0 Å². The van der Waals surface area contributed by atoms with E-state index in [1.807, 2.05) is 27.7 Å². The number of nitrogens with zero attached hydrogens (tertiary/aromatic N) is 1. The zero-order valence-electron chi connectivity index (χ0n) is 10.3. The smallest absolute Gasteiger partial charge is 0.244 e. The fourth-order valence-corrected chi connectivity index (χ4v) is 2.67. The monoisotopic (exact) mass is 245 g/mol. The molecule has 2 N–H and O–H groups in total.